The zero-order valence-electron chi connectivity index (χ0n) is 17.9. The van der Waals surface area contributed by atoms with Gasteiger partial charge in [0.2, 0.25) is 0 Å². The van der Waals surface area contributed by atoms with Crippen molar-refractivity contribution in [3.05, 3.63) is 89.8 Å². The Hall–Kier alpha value is -3.67. The van der Waals surface area contributed by atoms with Crippen molar-refractivity contribution in [2.45, 2.75) is 31.2 Å². The van der Waals surface area contributed by atoms with Gasteiger partial charge in [0, 0.05) is 37.4 Å². The van der Waals surface area contributed by atoms with Crippen LogP contribution < -0.4 is 10.1 Å². The van der Waals surface area contributed by atoms with Gasteiger partial charge in [-0.25, -0.2) is 14.8 Å². The third-order valence-corrected chi connectivity index (χ3v) is 6.00. The molecule has 2 atom stereocenters. The minimum atomic E-state index is 0.0609. The molecule has 2 heterocycles. The maximum atomic E-state index is 12.7. The standard InChI is InChI=1S/C26H26N4O2/c31-26(29-24-18-23(24)21-7-2-1-3-8-21)30-14-10-19(11-15-30)16-20-6-4-9-22(17-20)32-25-27-12-5-13-28-25/h1-9,12-13,16-17,23-24H,10-11,14-15,18H2,(H,29,31)/t23?,24-/m1/s1. The second-order valence-electron chi connectivity index (χ2n) is 8.30. The molecule has 0 radical (unpaired) electrons. The molecule has 1 N–H and O–H groups in total. The first kappa shape index (κ1) is 20.2. The van der Waals surface area contributed by atoms with E-state index in [0.717, 1.165) is 37.9 Å². The van der Waals surface area contributed by atoms with E-state index in [4.69, 9.17) is 4.74 Å². The summed E-state index contributed by atoms with van der Waals surface area (Å²) in [6.07, 6.45) is 8.30. The molecule has 5 rings (SSSR count). The lowest BCUT2D eigenvalue weighted by Gasteiger charge is -2.28. The van der Waals surface area contributed by atoms with Crippen LogP contribution in [0.3, 0.4) is 0 Å². The van der Waals surface area contributed by atoms with Gasteiger partial charge in [-0.2, -0.15) is 0 Å². The van der Waals surface area contributed by atoms with E-state index in [-0.39, 0.29) is 12.1 Å². The summed E-state index contributed by atoms with van der Waals surface area (Å²) < 4.78 is 5.73. The number of urea groups is 1. The molecule has 1 aliphatic carbocycles. The average Bonchev–Trinajstić information content (AvgIpc) is 3.60. The van der Waals surface area contributed by atoms with Crippen LogP contribution in [0.1, 0.15) is 36.3 Å². The highest BCUT2D eigenvalue weighted by Gasteiger charge is 2.40. The normalized spacial score (nSPS) is 19.9. The number of carbonyl (C=O) groups excluding carboxylic acids is 1. The molecule has 6 heteroatoms. The first-order valence-corrected chi connectivity index (χ1v) is 11.1. The van der Waals surface area contributed by atoms with Gasteiger partial charge >= 0.3 is 12.0 Å². The lowest BCUT2D eigenvalue weighted by Crippen LogP contribution is -2.44. The summed E-state index contributed by atoms with van der Waals surface area (Å²) in [7, 11) is 0. The van der Waals surface area contributed by atoms with E-state index in [1.54, 1.807) is 18.5 Å². The number of aromatic nitrogens is 2. The van der Waals surface area contributed by atoms with Crippen molar-refractivity contribution in [3.8, 4) is 11.8 Å². The van der Waals surface area contributed by atoms with Crippen LogP contribution in [-0.2, 0) is 0 Å². The first-order valence-electron chi connectivity index (χ1n) is 11.1. The zero-order chi connectivity index (χ0) is 21.8. The molecule has 1 aliphatic heterocycles. The number of amides is 2. The topological polar surface area (TPSA) is 67.4 Å². The third kappa shape index (κ3) is 4.97. The molecule has 2 amide bonds. The van der Waals surface area contributed by atoms with Crippen LogP contribution in [0.25, 0.3) is 6.08 Å². The van der Waals surface area contributed by atoms with Gasteiger partial charge in [0.15, 0.2) is 0 Å². The molecule has 0 bridgehead atoms. The van der Waals surface area contributed by atoms with Crippen LogP contribution in [-0.4, -0.2) is 40.0 Å². The van der Waals surface area contributed by atoms with E-state index in [2.05, 4.69) is 51.7 Å². The number of benzene rings is 2. The maximum Gasteiger partial charge on any atom is 0.321 e. The van der Waals surface area contributed by atoms with Gasteiger partial charge < -0.3 is 15.0 Å². The number of hydrogen-bond donors (Lipinski definition) is 1. The molecule has 6 nitrogen and oxygen atoms in total. The van der Waals surface area contributed by atoms with E-state index < -0.39 is 0 Å². The molecule has 0 spiro atoms. The van der Waals surface area contributed by atoms with Gasteiger partial charge in [-0.05, 0) is 48.6 Å². The highest BCUT2D eigenvalue weighted by Crippen LogP contribution is 2.40. The molecule has 1 saturated carbocycles. The monoisotopic (exact) mass is 426 g/mol. The van der Waals surface area contributed by atoms with E-state index in [0.29, 0.717) is 17.7 Å². The highest BCUT2D eigenvalue weighted by atomic mass is 16.5. The second kappa shape index (κ2) is 9.22. The van der Waals surface area contributed by atoms with Crippen LogP contribution in [0.5, 0.6) is 11.8 Å². The number of likely N-dealkylation sites (tertiary alicyclic amines) is 1. The van der Waals surface area contributed by atoms with Crippen molar-refractivity contribution in [2.75, 3.05) is 13.1 Å². The lowest BCUT2D eigenvalue weighted by atomic mass is 10.0. The Balaban J connectivity index is 1.13. The molecule has 2 aliphatic rings. The maximum absolute atomic E-state index is 12.7. The molecular weight excluding hydrogens is 400 g/mol. The van der Waals surface area contributed by atoms with Crippen LogP contribution in [0.2, 0.25) is 0 Å². The van der Waals surface area contributed by atoms with Gasteiger partial charge in [-0.1, -0.05) is 54.1 Å². The molecule has 2 fully saturated rings. The van der Waals surface area contributed by atoms with E-state index >= 15 is 0 Å². The SMILES string of the molecule is O=C(N[C@@H]1CC1c1ccccc1)N1CCC(=Cc2cccc(Oc3ncccn3)c2)CC1. The first-order chi connectivity index (χ1) is 15.7. The Bertz CT molecular complexity index is 1090. The number of ether oxygens (including phenoxy) is 1. The second-order valence-corrected chi connectivity index (χ2v) is 8.30. The molecule has 1 aromatic heterocycles. The van der Waals surface area contributed by atoms with Crippen molar-refractivity contribution < 1.29 is 9.53 Å². The fourth-order valence-corrected chi connectivity index (χ4v) is 4.16. The minimum Gasteiger partial charge on any atom is -0.424 e. The van der Waals surface area contributed by atoms with Crippen molar-refractivity contribution >= 4 is 12.1 Å². The van der Waals surface area contributed by atoms with Crippen molar-refractivity contribution in [1.82, 2.24) is 20.2 Å². The highest BCUT2D eigenvalue weighted by molar-refractivity contribution is 5.75. The third-order valence-electron chi connectivity index (χ3n) is 6.00. The van der Waals surface area contributed by atoms with Crippen LogP contribution >= 0.6 is 0 Å². The van der Waals surface area contributed by atoms with E-state index in [9.17, 15) is 4.79 Å². The smallest absolute Gasteiger partial charge is 0.321 e. The molecule has 2 aromatic carbocycles. The predicted octanol–water partition coefficient (Wildman–Crippen LogP) is 5.01. The van der Waals surface area contributed by atoms with E-state index in [1.807, 2.05) is 29.2 Å². The Labute approximate surface area is 188 Å². The van der Waals surface area contributed by atoms with Gasteiger partial charge in [-0.15, -0.1) is 0 Å². The van der Waals surface area contributed by atoms with Gasteiger partial charge in [0.1, 0.15) is 5.75 Å². The van der Waals surface area contributed by atoms with Crippen molar-refractivity contribution in [2.24, 2.45) is 0 Å². The molecule has 32 heavy (non-hydrogen) atoms. The lowest BCUT2D eigenvalue weighted by molar-refractivity contribution is 0.193. The number of carbonyl (C=O) groups is 1. The molecule has 1 saturated heterocycles. The fraction of sp³-hybridized carbons (Fsp3) is 0.269. The largest absolute Gasteiger partial charge is 0.424 e. The van der Waals surface area contributed by atoms with Gasteiger partial charge in [-0.3, -0.25) is 0 Å². The summed E-state index contributed by atoms with van der Waals surface area (Å²) >= 11 is 0. The average molecular weight is 427 g/mol. The molecule has 1 unspecified atom stereocenters. The number of nitrogens with one attached hydrogen (secondary N) is 1. The Morgan fingerprint density at radius 3 is 2.56 bits per heavy atom. The molecular formula is C26H26N4O2. The van der Waals surface area contributed by atoms with Gasteiger partial charge in [0.25, 0.3) is 0 Å². The van der Waals surface area contributed by atoms with E-state index in [1.165, 1.54) is 11.1 Å². The summed E-state index contributed by atoms with van der Waals surface area (Å²) in [5.74, 6) is 1.16. The zero-order valence-corrected chi connectivity index (χ0v) is 17.9. The fourth-order valence-electron chi connectivity index (χ4n) is 4.16. The minimum absolute atomic E-state index is 0.0609. The summed E-state index contributed by atoms with van der Waals surface area (Å²) in [6, 6.07) is 20.7. The van der Waals surface area contributed by atoms with Gasteiger partial charge in [0.05, 0.1) is 0 Å². The summed E-state index contributed by atoms with van der Waals surface area (Å²) in [4.78, 5) is 22.8. The summed E-state index contributed by atoms with van der Waals surface area (Å²) in [6.45, 7) is 1.49. The number of rotatable bonds is 5. The summed E-state index contributed by atoms with van der Waals surface area (Å²) in [5.41, 5.74) is 3.73. The summed E-state index contributed by atoms with van der Waals surface area (Å²) in [5, 5.41) is 3.21. The number of nitrogens with zero attached hydrogens (tertiary/aromatic N) is 3. The number of piperidine rings is 1. The van der Waals surface area contributed by atoms with Crippen LogP contribution in [0.4, 0.5) is 4.79 Å². The predicted molar refractivity (Wildman–Crippen MR) is 123 cm³/mol. The van der Waals surface area contributed by atoms with Crippen molar-refractivity contribution in [3.63, 3.8) is 0 Å². The van der Waals surface area contributed by atoms with Crippen LogP contribution in [0, 0.1) is 0 Å². The molecule has 162 valence electrons. The Morgan fingerprint density at radius 1 is 1.00 bits per heavy atom. The van der Waals surface area contributed by atoms with Crippen molar-refractivity contribution in [1.29, 1.82) is 0 Å². The number of hydrogen-bond acceptors (Lipinski definition) is 4. The Morgan fingerprint density at radius 2 is 1.78 bits per heavy atom. The Kier molecular flexibility index (Phi) is 5.83. The quantitative estimate of drug-likeness (QED) is 0.622. The molecule has 3 aromatic rings. The van der Waals surface area contributed by atoms with Crippen LogP contribution in [0.15, 0.2) is 78.6 Å².